The van der Waals surface area contributed by atoms with Crippen molar-refractivity contribution in [3.63, 3.8) is 0 Å². The highest BCUT2D eigenvalue weighted by Crippen LogP contribution is 2.29. The first-order chi connectivity index (χ1) is 10.5. The molecule has 1 amide bonds. The van der Waals surface area contributed by atoms with Crippen molar-refractivity contribution in [1.82, 2.24) is 5.32 Å². The minimum absolute atomic E-state index is 0.00515. The van der Waals surface area contributed by atoms with Gasteiger partial charge < -0.3 is 19.5 Å². The monoisotopic (exact) mass is 311 g/mol. The molecule has 124 valence electrons. The maximum atomic E-state index is 12.2. The predicted molar refractivity (Wildman–Crippen MR) is 79.7 cm³/mol. The van der Waals surface area contributed by atoms with E-state index in [0.717, 1.165) is 12.8 Å². The van der Waals surface area contributed by atoms with E-state index in [0.29, 0.717) is 25.0 Å². The van der Waals surface area contributed by atoms with E-state index >= 15 is 0 Å². The third-order valence-corrected chi connectivity index (χ3v) is 4.54. The zero-order valence-corrected chi connectivity index (χ0v) is 13.5. The predicted octanol–water partition coefficient (Wildman–Crippen LogP) is 1.75. The molecule has 2 rings (SSSR count). The smallest absolute Gasteiger partial charge is 0.377 e. The molecule has 0 bridgehead atoms. The summed E-state index contributed by atoms with van der Waals surface area (Å²) in [5.41, 5.74) is 0. The average molecular weight is 311 g/mol. The number of carbonyl (C=O) groups is 2. The SMILES string of the molecule is C[C@@H]1[C@@H](C)CCC[C@H]1NC(=O)[C@H](C)OC(=O)C1=COCCO1. The molecule has 1 fully saturated rings. The van der Waals surface area contributed by atoms with Crippen LogP contribution in [-0.4, -0.2) is 37.2 Å². The topological polar surface area (TPSA) is 73.9 Å². The molecular weight excluding hydrogens is 286 g/mol. The number of esters is 1. The molecule has 2 aliphatic rings. The van der Waals surface area contributed by atoms with Crippen molar-refractivity contribution in [1.29, 1.82) is 0 Å². The number of carbonyl (C=O) groups excluding carboxylic acids is 2. The first kappa shape index (κ1) is 16.6. The van der Waals surface area contributed by atoms with E-state index < -0.39 is 12.1 Å². The van der Waals surface area contributed by atoms with E-state index in [9.17, 15) is 9.59 Å². The maximum absolute atomic E-state index is 12.2. The molecule has 0 aromatic carbocycles. The zero-order chi connectivity index (χ0) is 16.1. The fourth-order valence-corrected chi connectivity index (χ4v) is 2.83. The standard InChI is InChI=1S/C16H25NO5/c1-10-5-4-6-13(11(10)2)17-15(18)12(3)22-16(19)14-9-20-7-8-21-14/h9-13H,4-8H2,1-3H3,(H,17,18)/t10-,11+,12-,13+/m0/s1. The first-order valence-corrected chi connectivity index (χ1v) is 7.95. The van der Waals surface area contributed by atoms with Crippen LogP contribution in [0.4, 0.5) is 0 Å². The molecule has 6 heteroatoms. The molecule has 0 saturated heterocycles. The van der Waals surface area contributed by atoms with E-state index in [4.69, 9.17) is 14.2 Å². The fraction of sp³-hybridized carbons (Fsp3) is 0.750. The van der Waals surface area contributed by atoms with Crippen LogP contribution >= 0.6 is 0 Å². The first-order valence-electron chi connectivity index (χ1n) is 7.95. The van der Waals surface area contributed by atoms with Gasteiger partial charge in [0.1, 0.15) is 19.5 Å². The number of rotatable bonds is 4. The Morgan fingerprint density at radius 1 is 1.32 bits per heavy atom. The highest BCUT2D eigenvalue weighted by molar-refractivity contribution is 5.89. The number of amides is 1. The third kappa shape index (κ3) is 4.15. The molecule has 4 atom stereocenters. The Labute approximate surface area is 131 Å². The van der Waals surface area contributed by atoms with Crippen LogP contribution in [0.15, 0.2) is 12.0 Å². The van der Waals surface area contributed by atoms with E-state index in [1.807, 2.05) is 0 Å². The van der Waals surface area contributed by atoms with Crippen molar-refractivity contribution in [3.8, 4) is 0 Å². The molecule has 0 spiro atoms. The van der Waals surface area contributed by atoms with Crippen LogP contribution in [0, 0.1) is 11.8 Å². The molecule has 0 unspecified atom stereocenters. The summed E-state index contributed by atoms with van der Waals surface area (Å²) < 4.78 is 15.3. The van der Waals surface area contributed by atoms with Gasteiger partial charge in [-0.15, -0.1) is 0 Å². The summed E-state index contributed by atoms with van der Waals surface area (Å²) in [4.78, 5) is 24.0. The molecule has 1 aliphatic heterocycles. The summed E-state index contributed by atoms with van der Waals surface area (Å²) in [6, 6.07) is 0.144. The van der Waals surface area contributed by atoms with E-state index in [2.05, 4.69) is 19.2 Å². The average Bonchev–Trinajstić information content (AvgIpc) is 2.52. The van der Waals surface area contributed by atoms with Crippen LogP contribution < -0.4 is 5.32 Å². The lowest BCUT2D eigenvalue weighted by molar-refractivity contribution is -0.155. The maximum Gasteiger partial charge on any atom is 0.377 e. The van der Waals surface area contributed by atoms with Crippen molar-refractivity contribution in [3.05, 3.63) is 12.0 Å². The number of hydrogen-bond acceptors (Lipinski definition) is 5. The van der Waals surface area contributed by atoms with Crippen LogP contribution in [-0.2, 0) is 23.8 Å². The van der Waals surface area contributed by atoms with Crippen molar-refractivity contribution in [2.45, 2.75) is 52.2 Å². The van der Waals surface area contributed by atoms with E-state index in [1.165, 1.54) is 12.7 Å². The van der Waals surface area contributed by atoms with Gasteiger partial charge in [0.2, 0.25) is 5.76 Å². The van der Waals surface area contributed by atoms with E-state index in [1.54, 1.807) is 6.92 Å². The quantitative estimate of drug-likeness (QED) is 0.801. The third-order valence-electron chi connectivity index (χ3n) is 4.54. The summed E-state index contributed by atoms with van der Waals surface area (Å²) >= 11 is 0. The second-order valence-corrected chi connectivity index (χ2v) is 6.13. The Balaban J connectivity index is 1.84. The largest absolute Gasteiger partial charge is 0.493 e. The minimum Gasteiger partial charge on any atom is -0.493 e. The summed E-state index contributed by atoms with van der Waals surface area (Å²) in [6.45, 7) is 6.64. The lowest BCUT2D eigenvalue weighted by Crippen LogP contribution is -2.47. The van der Waals surface area contributed by atoms with Gasteiger partial charge in [-0.25, -0.2) is 4.79 Å². The molecule has 6 nitrogen and oxygen atoms in total. The molecule has 0 radical (unpaired) electrons. The summed E-state index contributed by atoms with van der Waals surface area (Å²) in [7, 11) is 0. The van der Waals surface area contributed by atoms with Gasteiger partial charge in [-0.3, -0.25) is 4.79 Å². The van der Waals surface area contributed by atoms with Gasteiger partial charge in [-0.2, -0.15) is 0 Å². The van der Waals surface area contributed by atoms with Gasteiger partial charge in [0.05, 0.1) is 0 Å². The molecule has 0 aromatic rings. The molecular formula is C16H25NO5. The van der Waals surface area contributed by atoms with E-state index in [-0.39, 0.29) is 17.7 Å². The molecule has 22 heavy (non-hydrogen) atoms. The zero-order valence-electron chi connectivity index (χ0n) is 13.5. The molecule has 0 aromatic heterocycles. The van der Waals surface area contributed by atoms with Gasteiger partial charge >= 0.3 is 5.97 Å². The Morgan fingerprint density at radius 3 is 2.77 bits per heavy atom. The van der Waals surface area contributed by atoms with Crippen molar-refractivity contribution in [2.24, 2.45) is 11.8 Å². The van der Waals surface area contributed by atoms with Gasteiger partial charge in [0, 0.05) is 6.04 Å². The van der Waals surface area contributed by atoms with Crippen molar-refractivity contribution >= 4 is 11.9 Å². The molecule has 1 saturated carbocycles. The number of ether oxygens (including phenoxy) is 3. The molecule has 1 aliphatic carbocycles. The van der Waals surface area contributed by atoms with Crippen LogP contribution in [0.1, 0.15) is 40.0 Å². The van der Waals surface area contributed by atoms with Crippen molar-refractivity contribution in [2.75, 3.05) is 13.2 Å². The summed E-state index contributed by atoms with van der Waals surface area (Å²) in [6.07, 6.45) is 3.65. The van der Waals surface area contributed by atoms with Crippen LogP contribution in [0.5, 0.6) is 0 Å². The van der Waals surface area contributed by atoms with Gasteiger partial charge in [-0.1, -0.05) is 26.7 Å². The number of hydrogen-bond donors (Lipinski definition) is 1. The van der Waals surface area contributed by atoms with Gasteiger partial charge in [0.15, 0.2) is 6.10 Å². The summed E-state index contributed by atoms with van der Waals surface area (Å²) in [5.74, 6) is 0.0860. The Hall–Kier alpha value is -1.72. The number of nitrogens with one attached hydrogen (secondary N) is 1. The van der Waals surface area contributed by atoms with Crippen LogP contribution in [0.25, 0.3) is 0 Å². The highest BCUT2D eigenvalue weighted by atomic mass is 16.6. The van der Waals surface area contributed by atoms with Crippen LogP contribution in [0.3, 0.4) is 0 Å². The van der Waals surface area contributed by atoms with Crippen LogP contribution in [0.2, 0.25) is 0 Å². The Morgan fingerprint density at radius 2 is 2.09 bits per heavy atom. The minimum atomic E-state index is -0.858. The molecule has 1 heterocycles. The van der Waals surface area contributed by atoms with Gasteiger partial charge in [-0.05, 0) is 25.2 Å². The lowest BCUT2D eigenvalue weighted by Gasteiger charge is -2.35. The highest BCUT2D eigenvalue weighted by Gasteiger charge is 2.30. The molecule has 1 N–H and O–H groups in total. The summed E-state index contributed by atoms with van der Waals surface area (Å²) in [5, 5.41) is 3.00. The Kier molecular flexibility index (Phi) is 5.69. The second kappa shape index (κ2) is 7.51. The lowest BCUT2D eigenvalue weighted by atomic mass is 9.78. The Bertz CT molecular complexity index is 448. The van der Waals surface area contributed by atoms with Gasteiger partial charge in [0.25, 0.3) is 5.91 Å². The normalized spacial score (nSPS) is 29.4. The second-order valence-electron chi connectivity index (χ2n) is 6.13. The van der Waals surface area contributed by atoms with Crippen molar-refractivity contribution < 1.29 is 23.8 Å². The fourth-order valence-electron chi connectivity index (χ4n) is 2.83.